The smallest absolute Gasteiger partial charge is 0.475 e. The summed E-state index contributed by atoms with van der Waals surface area (Å²) in [7, 11) is 1.27. The van der Waals surface area contributed by atoms with Crippen LogP contribution in [-0.4, -0.2) is 48.0 Å². The molecule has 5 nitrogen and oxygen atoms in total. The molecule has 1 heterocycles. The van der Waals surface area contributed by atoms with Gasteiger partial charge in [-0.05, 0) is 12.8 Å². The van der Waals surface area contributed by atoms with E-state index >= 15 is 0 Å². The Morgan fingerprint density at radius 2 is 1.88 bits per heavy atom. The summed E-state index contributed by atoms with van der Waals surface area (Å²) in [5, 5.41) is 7.66. The third-order valence-corrected chi connectivity index (χ3v) is 1.90. The van der Waals surface area contributed by atoms with Crippen LogP contribution in [0.15, 0.2) is 0 Å². The third kappa shape index (κ3) is 5.48. The molecule has 0 radical (unpaired) electrons. The molecular weight excluding hydrogens is 250 g/mol. The van der Waals surface area contributed by atoms with Crippen molar-refractivity contribution in [1.29, 1.82) is 0 Å². The first-order chi connectivity index (χ1) is 7.70. The molecule has 0 aromatic heterocycles. The van der Waals surface area contributed by atoms with Gasteiger partial charge in [0.25, 0.3) is 0 Å². The van der Waals surface area contributed by atoms with Crippen molar-refractivity contribution in [3.05, 3.63) is 0 Å². The Balaban J connectivity index is 0.000000325. The van der Waals surface area contributed by atoms with Crippen LogP contribution in [0.3, 0.4) is 0 Å². The van der Waals surface area contributed by atoms with Crippen molar-refractivity contribution in [2.45, 2.75) is 25.1 Å². The Kier molecular flexibility index (Phi) is 5.86. The molecule has 0 aromatic carbocycles. The van der Waals surface area contributed by atoms with Gasteiger partial charge in [-0.2, -0.15) is 13.2 Å². The van der Waals surface area contributed by atoms with E-state index in [1.807, 2.05) is 0 Å². The molecule has 0 spiro atoms. The Morgan fingerprint density at radius 3 is 2.12 bits per heavy atom. The number of rotatable bonds is 1. The van der Waals surface area contributed by atoms with Gasteiger partial charge >= 0.3 is 18.1 Å². The summed E-state index contributed by atoms with van der Waals surface area (Å²) in [6, 6.07) is -0.648. The number of ether oxygens (including phenoxy) is 1. The lowest BCUT2D eigenvalue weighted by Crippen LogP contribution is -2.30. The Hall–Kier alpha value is -1.38. The van der Waals surface area contributed by atoms with Gasteiger partial charge in [0.1, 0.15) is 6.04 Å². The minimum absolute atomic E-state index is 0.347. The number of nitrogens with zero attached hydrogens (tertiary/aromatic N) is 1. The number of hydrogen-bond acceptors (Lipinski definition) is 4. The first-order valence-corrected chi connectivity index (χ1v) is 4.50. The molecule has 1 saturated heterocycles. The fourth-order valence-corrected chi connectivity index (χ4v) is 1.10. The zero-order valence-electron chi connectivity index (χ0n) is 8.83. The zero-order chi connectivity index (χ0) is 13.6. The Labute approximate surface area is 93.9 Å². The summed E-state index contributed by atoms with van der Waals surface area (Å²) in [4.78, 5) is 19.6. The van der Waals surface area contributed by atoms with Crippen molar-refractivity contribution in [2.75, 3.05) is 13.7 Å². The van der Waals surface area contributed by atoms with E-state index in [-0.39, 0.29) is 0 Å². The van der Waals surface area contributed by atoms with E-state index in [1.165, 1.54) is 7.11 Å². The second kappa shape index (κ2) is 6.38. The van der Waals surface area contributed by atoms with E-state index in [2.05, 4.69) is 4.74 Å². The van der Waals surface area contributed by atoms with Crippen LogP contribution in [0.4, 0.5) is 17.7 Å². The molecule has 1 aliphatic rings. The minimum Gasteiger partial charge on any atom is -0.475 e. The molecule has 1 fully saturated rings. The molecule has 1 N–H and O–H groups in total. The van der Waals surface area contributed by atoms with Gasteiger partial charge in [-0.1, -0.05) is 0 Å². The summed E-state index contributed by atoms with van der Waals surface area (Å²) in [6.07, 6.45) is -3.78. The molecule has 1 aliphatic heterocycles. The van der Waals surface area contributed by atoms with E-state index in [4.69, 9.17) is 9.90 Å². The lowest BCUT2D eigenvalue weighted by molar-refractivity contribution is -0.192. The average molecular weight is 261 g/mol. The Bertz CT molecular complexity index is 281. The van der Waals surface area contributed by atoms with Crippen molar-refractivity contribution >= 4 is 11.9 Å². The van der Waals surface area contributed by atoms with Gasteiger partial charge in [-0.15, -0.1) is 9.60 Å². The number of aliphatic carboxylic acids is 1. The van der Waals surface area contributed by atoms with E-state index in [1.54, 1.807) is 0 Å². The maximum Gasteiger partial charge on any atom is 0.490 e. The van der Waals surface area contributed by atoms with Crippen molar-refractivity contribution in [1.82, 2.24) is 5.12 Å². The summed E-state index contributed by atoms with van der Waals surface area (Å²) in [6.45, 7) is 0.347. The highest BCUT2D eigenvalue weighted by Gasteiger charge is 2.38. The van der Waals surface area contributed by atoms with Crippen LogP contribution in [0.1, 0.15) is 12.8 Å². The maximum absolute atomic E-state index is 12.6. The van der Waals surface area contributed by atoms with Gasteiger partial charge in [0.15, 0.2) is 0 Å². The summed E-state index contributed by atoms with van der Waals surface area (Å²) in [5.41, 5.74) is 0. The molecule has 0 aromatic rings. The van der Waals surface area contributed by atoms with Gasteiger partial charge in [-0.25, -0.2) is 4.79 Å². The number of carbonyl (C=O) groups excluding carboxylic acids is 1. The van der Waals surface area contributed by atoms with E-state index in [0.29, 0.717) is 18.1 Å². The molecule has 1 rings (SSSR count). The van der Waals surface area contributed by atoms with E-state index in [9.17, 15) is 22.4 Å². The van der Waals surface area contributed by atoms with Crippen LogP contribution in [0.25, 0.3) is 0 Å². The number of halogens is 4. The Morgan fingerprint density at radius 1 is 1.41 bits per heavy atom. The number of alkyl halides is 3. The van der Waals surface area contributed by atoms with Gasteiger partial charge in [0.2, 0.25) is 0 Å². The van der Waals surface area contributed by atoms with E-state index in [0.717, 1.165) is 6.42 Å². The number of carbonyl (C=O) groups is 2. The SMILES string of the molecule is COC(=O)C1CCCN1F.O=C(O)C(F)(F)F. The fraction of sp³-hybridized carbons (Fsp3) is 0.750. The highest BCUT2D eigenvalue weighted by Crippen LogP contribution is 2.17. The highest BCUT2D eigenvalue weighted by molar-refractivity contribution is 5.75. The van der Waals surface area contributed by atoms with Crippen LogP contribution >= 0.6 is 0 Å². The summed E-state index contributed by atoms with van der Waals surface area (Å²) < 4.78 is 48.7. The monoisotopic (exact) mass is 261 g/mol. The lowest BCUT2D eigenvalue weighted by atomic mass is 10.2. The molecule has 0 amide bonds. The summed E-state index contributed by atoms with van der Waals surface area (Å²) >= 11 is 0. The van der Waals surface area contributed by atoms with Crippen molar-refractivity contribution in [3.8, 4) is 0 Å². The summed E-state index contributed by atoms with van der Waals surface area (Å²) in [5.74, 6) is -3.23. The number of esters is 1. The van der Waals surface area contributed by atoms with Gasteiger partial charge in [0.05, 0.1) is 7.11 Å². The molecular formula is C8H11F4NO4. The van der Waals surface area contributed by atoms with Crippen molar-refractivity contribution in [2.24, 2.45) is 0 Å². The third-order valence-electron chi connectivity index (χ3n) is 1.90. The molecule has 1 unspecified atom stereocenters. The largest absolute Gasteiger partial charge is 0.490 e. The number of methoxy groups -OCH3 is 1. The van der Waals surface area contributed by atoms with Crippen molar-refractivity contribution in [3.63, 3.8) is 0 Å². The van der Waals surface area contributed by atoms with Crippen LogP contribution in [-0.2, 0) is 14.3 Å². The molecule has 9 heteroatoms. The maximum atomic E-state index is 12.6. The topological polar surface area (TPSA) is 66.8 Å². The van der Waals surface area contributed by atoms with Gasteiger partial charge < -0.3 is 9.84 Å². The zero-order valence-corrected chi connectivity index (χ0v) is 8.83. The van der Waals surface area contributed by atoms with Gasteiger partial charge in [0, 0.05) is 6.54 Å². The average Bonchev–Trinajstić information content (AvgIpc) is 2.63. The second-order valence-electron chi connectivity index (χ2n) is 3.11. The number of carboxylic acid groups (broad SMARTS) is 1. The lowest BCUT2D eigenvalue weighted by Gasteiger charge is -2.10. The van der Waals surface area contributed by atoms with E-state index < -0.39 is 24.2 Å². The quantitative estimate of drug-likeness (QED) is 0.435. The fourth-order valence-electron chi connectivity index (χ4n) is 1.10. The molecule has 0 saturated carbocycles. The minimum atomic E-state index is -5.08. The van der Waals surface area contributed by atoms with Crippen LogP contribution in [0.5, 0.6) is 0 Å². The molecule has 1 atom stereocenters. The first-order valence-electron chi connectivity index (χ1n) is 4.50. The molecule has 0 bridgehead atoms. The normalized spacial score (nSPS) is 20.4. The van der Waals surface area contributed by atoms with Gasteiger partial charge in [-0.3, -0.25) is 4.79 Å². The second-order valence-corrected chi connectivity index (χ2v) is 3.11. The van der Waals surface area contributed by atoms with Crippen molar-refractivity contribution < 1.29 is 37.1 Å². The van der Waals surface area contributed by atoms with Crippen LogP contribution in [0.2, 0.25) is 0 Å². The first kappa shape index (κ1) is 15.6. The van der Waals surface area contributed by atoms with Crippen LogP contribution < -0.4 is 0 Å². The predicted octanol–water partition coefficient (Wildman–Crippen LogP) is 1.14. The predicted molar refractivity (Wildman–Crippen MR) is 46.5 cm³/mol. The molecule has 0 aliphatic carbocycles. The molecule has 17 heavy (non-hydrogen) atoms. The highest BCUT2D eigenvalue weighted by atomic mass is 19.4. The molecule has 100 valence electrons. The number of hydrogen-bond donors (Lipinski definition) is 1. The number of carboxylic acids is 1. The standard InChI is InChI=1S/C6H10FNO2.C2HF3O2/c1-10-6(9)5-3-2-4-8(5)7;3-2(4,5)1(6)7/h5H,2-4H2,1H3;(H,6,7). The van der Waals surface area contributed by atoms with Crippen LogP contribution in [0, 0.1) is 0 Å².